The van der Waals surface area contributed by atoms with Crippen molar-refractivity contribution in [3.8, 4) is 0 Å². The summed E-state index contributed by atoms with van der Waals surface area (Å²) in [5.74, 6) is 0.773. The highest BCUT2D eigenvalue weighted by Crippen LogP contribution is 2.22. The fraction of sp³-hybridized carbons (Fsp3) is 0.522. The number of hydrogen-bond donors (Lipinski definition) is 1. The van der Waals surface area contributed by atoms with Crippen LogP contribution in [0, 0.1) is 0 Å². The van der Waals surface area contributed by atoms with Crippen molar-refractivity contribution in [2.45, 2.75) is 51.0 Å². The van der Waals surface area contributed by atoms with Crippen LogP contribution in [0.3, 0.4) is 0 Å². The van der Waals surface area contributed by atoms with Crippen LogP contribution in [0.5, 0.6) is 0 Å². The van der Waals surface area contributed by atoms with E-state index in [1.165, 1.54) is 5.56 Å². The molecule has 0 radical (unpaired) electrons. The molecule has 2 fully saturated rings. The van der Waals surface area contributed by atoms with Crippen LogP contribution in [0.4, 0.5) is 4.79 Å². The molecule has 0 atom stereocenters. The first-order valence-electron chi connectivity index (χ1n) is 10.7. The Hall–Kier alpha value is -2.31. The van der Waals surface area contributed by atoms with Gasteiger partial charge in [0.05, 0.1) is 25.0 Å². The molecule has 2 aliphatic rings. The van der Waals surface area contributed by atoms with E-state index in [2.05, 4.69) is 40.5 Å². The van der Waals surface area contributed by atoms with Crippen molar-refractivity contribution >= 4 is 6.03 Å². The fourth-order valence-electron chi connectivity index (χ4n) is 4.20. The van der Waals surface area contributed by atoms with E-state index in [1.54, 1.807) is 6.26 Å². The number of carbonyl (C=O) groups excluding carboxylic acids is 1. The van der Waals surface area contributed by atoms with Crippen LogP contribution in [-0.2, 0) is 17.8 Å². The molecule has 0 aliphatic carbocycles. The Balaban J connectivity index is 1.13. The maximum Gasteiger partial charge on any atom is 0.317 e. The van der Waals surface area contributed by atoms with Gasteiger partial charge in [0.2, 0.25) is 0 Å². The predicted molar refractivity (Wildman–Crippen MR) is 111 cm³/mol. The van der Waals surface area contributed by atoms with Crippen LogP contribution >= 0.6 is 0 Å². The summed E-state index contributed by atoms with van der Waals surface area (Å²) in [6.45, 7) is 5.15. The van der Waals surface area contributed by atoms with Crippen molar-refractivity contribution in [3.05, 3.63) is 60.1 Å². The molecule has 1 N–H and O–H groups in total. The lowest BCUT2D eigenvalue weighted by molar-refractivity contribution is -0.0620. The van der Waals surface area contributed by atoms with Gasteiger partial charge < -0.3 is 19.4 Å². The molecule has 4 rings (SSSR count). The lowest BCUT2D eigenvalue weighted by atomic mass is 10.0. The number of hydrogen-bond acceptors (Lipinski definition) is 4. The Kier molecular flexibility index (Phi) is 6.85. The van der Waals surface area contributed by atoms with E-state index in [9.17, 15) is 4.79 Å². The lowest BCUT2D eigenvalue weighted by Crippen LogP contribution is -2.47. The third-order valence-electron chi connectivity index (χ3n) is 5.89. The zero-order valence-corrected chi connectivity index (χ0v) is 17.0. The van der Waals surface area contributed by atoms with Crippen LogP contribution in [0.25, 0.3) is 0 Å². The van der Waals surface area contributed by atoms with Gasteiger partial charge in [0.15, 0.2) is 0 Å². The molecule has 3 heterocycles. The molecule has 1 aromatic heterocycles. The zero-order chi connectivity index (χ0) is 19.9. The van der Waals surface area contributed by atoms with Gasteiger partial charge in [-0.15, -0.1) is 0 Å². The van der Waals surface area contributed by atoms with Gasteiger partial charge in [-0.05, 0) is 43.4 Å². The molecular weight excluding hydrogens is 366 g/mol. The number of piperidine rings is 2. The Morgan fingerprint density at radius 1 is 0.966 bits per heavy atom. The molecule has 156 valence electrons. The first kappa shape index (κ1) is 20.0. The third kappa shape index (κ3) is 5.84. The number of urea groups is 1. The highest BCUT2D eigenvalue weighted by molar-refractivity contribution is 5.74. The number of rotatable bonds is 6. The van der Waals surface area contributed by atoms with Gasteiger partial charge in [-0.3, -0.25) is 4.90 Å². The summed E-state index contributed by atoms with van der Waals surface area (Å²) in [5, 5.41) is 2.92. The zero-order valence-electron chi connectivity index (χ0n) is 17.0. The number of nitrogens with zero attached hydrogens (tertiary/aromatic N) is 2. The topological polar surface area (TPSA) is 58.0 Å². The van der Waals surface area contributed by atoms with Gasteiger partial charge in [0.1, 0.15) is 5.76 Å². The van der Waals surface area contributed by atoms with Crippen molar-refractivity contribution in [2.75, 3.05) is 26.2 Å². The van der Waals surface area contributed by atoms with E-state index in [1.807, 2.05) is 17.0 Å². The van der Waals surface area contributed by atoms with Crippen LogP contribution in [-0.4, -0.2) is 54.2 Å². The molecule has 0 saturated carbocycles. The first-order chi connectivity index (χ1) is 14.3. The number of benzene rings is 1. The monoisotopic (exact) mass is 397 g/mol. The molecule has 0 unspecified atom stereocenters. The standard InChI is InChI=1S/C23H31N3O3/c27-23(24-17-22-7-4-16-28-22)26-14-10-21(11-15-26)29-20-8-12-25(13-9-20)18-19-5-2-1-3-6-19/h1-7,16,20-21H,8-15,17-18H2,(H,24,27). The van der Waals surface area contributed by atoms with E-state index >= 15 is 0 Å². The SMILES string of the molecule is O=C(NCc1ccco1)N1CCC(OC2CCN(Cc3ccccc3)CC2)CC1. The Morgan fingerprint density at radius 2 is 1.66 bits per heavy atom. The van der Waals surface area contributed by atoms with Crippen LogP contribution < -0.4 is 5.32 Å². The second kappa shape index (κ2) is 9.94. The number of likely N-dealkylation sites (tertiary alicyclic amines) is 2. The summed E-state index contributed by atoms with van der Waals surface area (Å²) >= 11 is 0. The Morgan fingerprint density at radius 3 is 2.31 bits per heavy atom. The third-order valence-corrected chi connectivity index (χ3v) is 5.89. The molecule has 2 aromatic rings. The van der Waals surface area contributed by atoms with Crippen LogP contribution in [0.15, 0.2) is 53.1 Å². The maximum atomic E-state index is 12.3. The quantitative estimate of drug-likeness (QED) is 0.809. The van der Waals surface area contributed by atoms with Crippen molar-refractivity contribution in [2.24, 2.45) is 0 Å². The average Bonchev–Trinajstić information content (AvgIpc) is 3.28. The molecule has 0 bridgehead atoms. The smallest absolute Gasteiger partial charge is 0.317 e. The Bertz CT molecular complexity index is 734. The van der Waals surface area contributed by atoms with Crippen molar-refractivity contribution in [1.29, 1.82) is 0 Å². The summed E-state index contributed by atoms with van der Waals surface area (Å²) in [5.41, 5.74) is 1.38. The van der Waals surface area contributed by atoms with Crippen molar-refractivity contribution < 1.29 is 13.9 Å². The summed E-state index contributed by atoms with van der Waals surface area (Å²) in [6, 6.07) is 14.3. The largest absolute Gasteiger partial charge is 0.467 e. The van der Waals surface area contributed by atoms with Gasteiger partial charge in [-0.2, -0.15) is 0 Å². The van der Waals surface area contributed by atoms with Gasteiger partial charge in [-0.1, -0.05) is 30.3 Å². The molecular formula is C23H31N3O3. The van der Waals surface area contributed by atoms with Gasteiger partial charge in [0.25, 0.3) is 0 Å². The molecule has 6 heteroatoms. The molecule has 29 heavy (non-hydrogen) atoms. The molecule has 0 spiro atoms. The summed E-state index contributed by atoms with van der Waals surface area (Å²) in [7, 11) is 0. The van der Waals surface area contributed by atoms with Crippen molar-refractivity contribution in [3.63, 3.8) is 0 Å². The fourth-order valence-corrected chi connectivity index (χ4v) is 4.20. The number of furan rings is 1. The second-order valence-corrected chi connectivity index (χ2v) is 8.02. The highest BCUT2D eigenvalue weighted by Gasteiger charge is 2.27. The predicted octanol–water partition coefficient (Wildman–Crippen LogP) is 3.63. The minimum Gasteiger partial charge on any atom is -0.467 e. The van der Waals surface area contributed by atoms with E-state index in [0.717, 1.165) is 64.2 Å². The van der Waals surface area contributed by atoms with Crippen LogP contribution in [0.2, 0.25) is 0 Å². The minimum absolute atomic E-state index is 0.0194. The number of nitrogens with one attached hydrogen (secondary N) is 1. The second-order valence-electron chi connectivity index (χ2n) is 8.02. The average molecular weight is 398 g/mol. The number of carbonyl (C=O) groups is 1. The normalized spacial score (nSPS) is 19.4. The van der Waals surface area contributed by atoms with E-state index < -0.39 is 0 Å². The summed E-state index contributed by atoms with van der Waals surface area (Å²) in [4.78, 5) is 16.7. The highest BCUT2D eigenvalue weighted by atomic mass is 16.5. The van der Waals surface area contributed by atoms with E-state index in [4.69, 9.17) is 9.15 Å². The molecule has 1 aromatic carbocycles. The van der Waals surface area contributed by atoms with Gasteiger partial charge in [-0.25, -0.2) is 4.79 Å². The molecule has 2 saturated heterocycles. The molecule has 2 aliphatic heterocycles. The number of ether oxygens (including phenoxy) is 1. The Labute approximate surface area is 172 Å². The minimum atomic E-state index is -0.0194. The van der Waals surface area contributed by atoms with Crippen LogP contribution in [0.1, 0.15) is 37.0 Å². The van der Waals surface area contributed by atoms with Crippen molar-refractivity contribution in [1.82, 2.24) is 15.1 Å². The molecule has 2 amide bonds. The van der Waals surface area contributed by atoms with E-state index in [0.29, 0.717) is 12.6 Å². The number of amides is 2. The lowest BCUT2D eigenvalue weighted by Gasteiger charge is -2.37. The summed E-state index contributed by atoms with van der Waals surface area (Å²) in [6.07, 6.45) is 6.27. The first-order valence-corrected chi connectivity index (χ1v) is 10.7. The van der Waals surface area contributed by atoms with E-state index in [-0.39, 0.29) is 12.1 Å². The van der Waals surface area contributed by atoms with Gasteiger partial charge in [0, 0.05) is 32.7 Å². The maximum absolute atomic E-state index is 12.3. The molecule has 6 nitrogen and oxygen atoms in total. The van der Waals surface area contributed by atoms with Gasteiger partial charge >= 0.3 is 6.03 Å². The summed E-state index contributed by atoms with van der Waals surface area (Å²) < 4.78 is 11.6.